The predicted molar refractivity (Wildman–Crippen MR) is 72.0 cm³/mol. The number of rotatable bonds is 2. The number of carbonyl (C=O) groups is 1. The normalized spacial score (nSPS) is 22.1. The van der Waals surface area contributed by atoms with Crippen molar-refractivity contribution in [3.63, 3.8) is 0 Å². The molecule has 0 radical (unpaired) electrons. The molecule has 1 fully saturated rings. The maximum atomic E-state index is 12.3. The highest BCUT2D eigenvalue weighted by atomic mass is 35.5. The van der Waals surface area contributed by atoms with Gasteiger partial charge >= 0.3 is 0 Å². The Balaban J connectivity index is 2.33. The zero-order chi connectivity index (χ0) is 13.5. The van der Waals surface area contributed by atoms with Crippen molar-refractivity contribution in [3.8, 4) is 0 Å². The van der Waals surface area contributed by atoms with Crippen molar-refractivity contribution in [3.05, 3.63) is 33.8 Å². The molecule has 18 heavy (non-hydrogen) atoms. The average Bonchev–Trinajstić information content (AvgIpc) is 2.63. The molecule has 1 heterocycles. The molecule has 0 N–H and O–H groups in total. The summed E-state index contributed by atoms with van der Waals surface area (Å²) in [6, 6.07) is 3.51. The summed E-state index contributed by atoms with van der Waals surface area (Å²) in [6.45, 7) is 3.84. The summed E-state index contributed by atoms with van der Waals surface area (Å²) in [5, 5.41) is 0.410. The summed E-state index contributed by atoms with van der Waals surface area (Å²) in [5.74, 6) is -0.528. The SMILES string of the molecule is Cc1cc(Cl)c(C(=O)C2CCS(=O)(=O)C2)cc1C. The van der Waals surface area contributed by atoms with Gasteiger partial charge in [0, 0.05) is 11.5 Å². The Labute approximate surface area is 112 Å². The van der Waals surface area contributed by atoms with Crippen molar-refractivity contribution in [2.45, 2.75) is 20.3 Å². The molecule has 1 aromatic carbocycles. The minimum Gasteiger partial charge on any atom is -0.294 e. The Bertz CT molecular complexity index is 605. The van der Waals surface area contributed by atoms with Crippen LogP contribution in [0, 0.1) is 19.8 Å². The van der Waals surface area contributed by atoms with Crippen LogP contribution in [0.2, 0.25) is 5.02 Å². The first-order valence-corrected chi connectivity index (χ1v) is 8.01. The highest BCUT2D eigenvalue weighted by molar-refractivity contribution is 7.91. The van der Waals surface area contributed by atoms with Gasteiger partial charge in [0.2, 0.25) is 0 Å². The van der Waals surface area contributed by atoms with Gasteiger partial charge in [-0.2, -0.15) is 0 Å². The molecule has 1 aliphatic rings. The molecule has 1 aliphatic heterocycles. The molecule has 1 unspecified atom stereocenters. The Hall–Kier alpha value is -0.870. The molecule has 98 valence electrons. The molecule has 5 heteroatoms. The monoisotopic (exact) mass is 286 g/mol. The van der Waals surface area contributed by atoms with E-state index in [1.54, 1.807) is 12.1 Å². The maximum Gasteiger partial charge on any atom is 0.168 e. The predicted octanol–water partition coefficient (Wildman–Crippen LogP) is 2.57. The number of hydrogen-bond acceptors (Lipinski definition) is 3. The van der Waals surface area contributed by atoms with Crippen LogP contribution in [0.4, 0.5) is 0 Å². The van der Waals surface area contributed by atoms with Gasteiger partial charge in [0.25, 0.3) is 0 Å². The Morgan fingerprint density at radius 3 is 2.44 bits per heavy atom. The largest absolute Gasteiger partial charge is 0.294 e. The van der Waals surface area contributed by atoms with E-state index in [-0.39, 0.29) is 17.3 Å². The van der Waals surface area contributed by atoms with Crippen LogP contribution in [0.15, 0.2) is 12.1 Å². The van der Waals surface area contributed by atoms with Gasteiger partial charge in [-0.15, -0.1) is 0 Å². The first kappa shape index (κ1) is 13.6. The molecular weight excluding hydrogens is 272 g/mol. The lowest BCUT2D eigenvalue weighted by molar-refractivity contribution is 0.0933. The van der Waals surface area contributed by atoms with Gasteiger partial charge in [-0.05, 0) is 43.5 Å². The van der Waals surface area contributed by atoms with Crippen molar-refractivity contribution in [1.29, 1.82) is 0 Å². The van der Waals surface area contributed by atoms with Gasteiger partial charge in [0.05, 0.1) is 16.5 Å². The smallest absolute Gasteiger partial charge is 0.168 e. The van der Waals surface area contributed by atoms with Gasteiger partial charge < -0.3 is 0 Å². The van der Waals surface area contributed by atoms with Gasteiger partial charge in [-0.25, -0.2) is 8.42 Å². The van der Waals surface area contributed by atoms with E-state index < -0.39 is 15.8 Å². The maximum absolute atomic E-state index is 12.3. The molecule has 1 atom stereocenters. The topological polar surface area (TPSA) is 51.2 Å². The van der Waals surface area contributed by atoms with Gasteiger partial charge in [-0.1, -0.05) is 11.6 Å². The van der Waals surface area contributed by atoms with Crippen LogP contribution >= 0.6 is 11.6 Å². The van der Waals surface area contributed by atoms with E-state index in [1.807, 2.05) is 13.8 Å². The number of sulfone groups is 1. The van der Waals surface area contributed by atoms with Crippen molar-refractivity contribution in [2.24, 2.45) is 5.92 Å². The molecular formula is C13H15ClO3S. The standard InChI is InChI=1S/C13H15ClO3S/c1-8-5-11(12(14)6-9(8)2)13(15)10-3-4-18(16,17)7-10/h5-6,10H,3-4,7H2,1-2H3. The molecule has 0 saturated carbocycles. The Kier molecular flexibility index (Phi) is 3.52. The summed E-state index contributed by atoms with van der Waals surface area (Å²) >= 11 is 6.08. The number of aryl methyl sites for hydroxylation is 2. The van der Waals surface area contributed by atoms with E-state index in [1.165, 1.54) is 0 Å². The van der Waals surface area contributed by atoms with Gasteiger partial charge in [-0.3, -0.25) is 4.79 Å². The molecule has 0 amide bonds. The molecule has 2 rings (SSSR count). The van der Waals surface area contributed by atoms with E-state index in [0.717, 1.165) is 11.1 Å². The van der Waals surface area contributed by atoms with Crippen LogP contribution in [0.1, 0.15) is 27.9 Å². The molecule has 0 aliphatic carbocycles. The van der Waals surface area contributed by atoms with Crippen molar-refractivity contribution in [1.82, 2.24) is 0 Å². The van der Waals surface area contributed by atoms with Crippen molar-refractivity contribution in [2.75, 3.05) is 11.5 Å². The summed E-state index contributed by atoms with van der Waals surface area (Å²) in [5.41, 5.74) is 2.46. The summed E-state index contributed by atoms with van der Waals surface area (Å²) in [6.07, 6.45) is 0.407. The number of ketones is 1. The third-order valence-corrected chi connectivity index (χ3v) is 5.53. The summed E-state index contributed by atoms with van der Waals surface area (Å²) in [7, 11) is -3.04. The van der Waals surface area contributed by atoms with Crippen LogP contribution in [0.5, 0.6) is 0 Å². The average molecular weight is 287 g/mol. The zero-order valence-electron chi connectivity index (χ0n) is 10.4. The fourth-order valence-electron chi connectivity index (χ4n) is 2.19. The quantitative estimate of drug-likeness (QED) is 0.785. The second-order valence-corrected chi connectivity index (χ2v) is 7.52. The molecule has 3 nitrogen and oxygen atoms in total. The van der Waals surface area contributed by atoms with E-state index >= 15 is 0 Å². The highest BCUT2D eigenvalue weighted by Gasteiger charge is 2.34. The molecule has 1 saturated heterocycles. The minimum absolute atomic E-state index is 0.0465. The summed E-state index contributed by atoms with van der Waals surface area (Å²) < 4.78 is 22.8. The van der Waals surface area contributed by atoms with E-state index in [9.17, 15) is 13.2 Å². The van der Waals surface area contributed by atoms with Crippen LogP contribution in [-0.4, -0.2) is 25.7 Å². The number of halogens is 1. The lowest BCUT2D eigenvalue weighted by Gasteiger charge is -2.11. The van der Waals surface area contributed by atoms with Crippen molar-refractivity contribution < 1.29 is 13.2 Å². The molecule has 0 bridgehead atoms. The van der Waals surface area contributed by atoms with Crippen LogP contribution in [-0.2, 0) is 9.84 Å². The first-order chi connectivity index (χ1) is 8.30. The van der Waals surface area contributed by atoms with Crippen LogP contribution < -0.4 is 0 Å². The highest BCUT2D eigenvalue weighted by Crippen LogP contribution is 2.28. The molecule has 0 aromatic heterocycles. The second kappa shape index (κ2) is 4.67. The summed E-state index contributed by atoms with van der Waals surface area (Å²) in [4.78, 5) is 12.3. The minimum atomic E-state index is -3.04. The van der Waals surface area contributed by atoms with Crippen LogP contribution in [0.25, 0.3) is 0 Å². The second-order valence-electron chi connectivity index (χ2n) is 4.88. The third-order valence-electron chi connectivity index (χ3n) is 3.45. The van der Waals surface area contributed by atoms with Gasteiger partial charge in [0.1, 0.15) is 0 Å². The fourth-order valence-corrected chi connectivity index (χ4v) is 4.24. The first-order valence-electron chi connectivity index (χ1n) is 5.81. The Morgan fingerprint density at radius 2 is 1.89 bits per heavy atom. The van der Waals surface area contributed by atoms with Gasteiger partial charge in [0.15, 0.2) is 15.6 Å². The van der Waals surface area contributed by atoms with Crippen molar-refractivity contribution >= 4 is 27.2 Å². The van der Waals surface area contributed by atoms with E-state index in [2.05, 4.69) is 0 Å². The van der Waals surface area contributed by atoms with Crippen LogP contribution in [0.3, 0.4) is 0 Å². The Morgan fingerprint density at radius 1 is 1.28 bits per heavy atom. The zero-order valence-corrected chi connectivity index (χ0v) is 11.9. The van der Waals surface area contributed by atoms with E-state index in [0.29, 0.717) is 17.0 Å². The lowest BCUT2D eigenvalue weighted by Crippen LogP contribution is -2.17. The number of carbonyl (C=O) groups excluding carboxylic acids is 1. The fraction of sp³-hybridized carbons (Fsp3) is 0.462. The molecule has 1 aromatic rings. The molecule has 0 spiro atoms. The number of hydrogen-bond donors (Lipinski definition) is 0. The third kappa shape index (κ3) is 2.59. The number of benzene rings is 1. The van der Waals surface area contributed by atoms with E-state index in [4.69, 9.17) is 11.6 Å². The lowest BCUT2D eigenvalue weighted by atomic mass is 9.95. The number of Topliss-reactive ketones (excluding diaryl/α,β-unsaturated/α-hetero) is 1.